The van der Waals surface area contributed by atoms with Crippen molar-refractivity contribution in [3.05, 3.63) is 6.42 Å². The topological polar surface area (TPSA) is 9.23 Å². The van der Waals surface area contributed by atoms with Gasteiger partial charge in [-0.1, -0.05) is 0 Å². The van der Waals surface area contributed by atoms with Crippen LogP contribution in [0.15, 0.2) is 0 Å². The lowest BCUT2D eigenvalue weighted by Crippen LogP contribution is -1.87. The predicted molar refractivity (Wildman–Crippen MR) is 24.3 cm³/mol. The molecule has 0 aromatic rings. The van der Waals surface area contributed by atoms with Gasteiger partial charge in [-0.15, -0.1) is 0 Å². The van der Waals surface area contributed by atoms with Crippen molar-refractivity contribution in [1.29, 1.82) is 0 Å². The lowest BCUT2D eigenvalue weighted by Gasteiger charge is -1.87. The van der Waals surface area contributed by atoms with E-state index in [2.05, 4.69) is 6.42 Å². The van der Waals surface area contributed by atoms with Crippen LogP contribution in [0.25, 0.3) is 0 Å². The molecule has 1 heteroatoms. The van der Waals surface area contributed by atoms with Gasteiger partial charge in [-0.25, -0.2) is 0 Å². The van der Waals surface area contributed by atoms with Gasteiger partial charge >= 0.3 is 0 Å². The van der Waals surface area contributed by atoms with Crippen molar-refractivity contribution in [3.8, 4) is 0 Å². The van der Waals surface area contributed by atoms with Gasteiger partial charge in [-0.2, -0.15) is 0 Å². The Labute approximate surface area is 38.3 Å². The fourth-order valence-corrected chi connectivity index (χ4v) is 0.446. The molecule has 1 atom stereocenters. The molecule has 1 saturated carbocycles. The van der Waals surface area contributed by atoms with Gasteiger partial charge in [0.1, 0.15) is 0 Å². The van der Waals surface area contributed by atoms with Gasteiger partial charge in [-0.3, -0.25) is 0 Å². The van der Waals surface area contributed by atoms with E-state index in [4.69, 9.17) is 4.74 Å². The molecule has 0 aromatic carbocycles. The average Bonchev–Trinajstić information content (AvgIpc) is 2.21. The molecule has 6 heavy (non-hydrogen) atoms. The molecule has 0 N–H and O–H groups in total. The van der Waals surface area contributed by atoms with E-state index < -0.39 is 0 Å². The summed E-state index contributed by atoms with van der Waals surface area (Å²) in [5.41, 5.74) is 0. The standard InChI is InChI=1S/C5H9O/c1-6-4-5-2-3-5/h2,5H,3-4H2,1H3/t5-/m1/s1. The quantitative estimate of drug-likeness (QED) is 0.483. The summed E-state index contributed by atoms with van der Waals surface area (Å²) >= 11 is 0. The van der Waals surface area contributed by atoms with Crippen LogP contribution in [0.2, 0.25) is 0 Å². The minimum Gasteiger partial charge on any atom is -0.384 e. The average molecular weight is 85.1 g/mol. The summed E-state index contributed by atoms with van der Waals surface area (Å²) in [6.45, 7) is 0.931. The molecule has 0 saturated heterocycles. The van der Waals surface area contributed by atoms with Crippen LogP contribution in [0, 0.1) is 12.3 Å². The Kier molecular flexibility index (Phi) is 1.10. The van der Waals surface area contributed by atoms with Crippen LogP contribution in [0.4, 0.5) is 0 Å². The summed E-state index contributed by atoms with van der Waals surface area (Å²) in [7, 11) is 1.74. The first-order chi connectivity index (χ1) is 2.93. The van der Waals surface area contributed by atoms with Crippen LogP contribution in [0.5, 0.6) is 0 Å². The summed E-state index contributed by atoms with van der Waals surface area (Å²) in [5, 5.41) is 0. The Hall–Kier alpha value is -0.0400. The largest absolute Gasteiger partial charge is 0.384 e. The maximum atomic E-state index is 4.83. The molecular weight excluding hydrogens is 76.1 g/mol. The van der Waals surface area contributed by atoms with Gasteiger partial charge in [-0.05, 0) is 18.8 Å². The third kappa shape index (κ3) is 0.977. The lowest BCUT2D eigenvalue weighted by atomic mass is 10.5. The summed E-state index contributed by atoms with van der Waals surface area (Å²) in [4.78, 5) is 0. The molecule has 0 amide bonds. The first-order valence-electron chi connectivity index (χ1n) is 2.26. The van der Waals surface area contributed by atoms with Crippen LogP contribution in [0.3, 0.4) is 0 Å². The van der Waals surface area contributed by atoms with Crippen molar-refractivity contribution in [1.82, 2.24) is 0 Å². The molecule has 1 rings (SSSR count). The van der Waals surface area contributed by atoms with E-state index in [0.29, 0.717) is 0 Å². The normalized spacial score (nSPS) is 21.5. The van der Waals surface area contributed by atoms with Crippen molar-refractivity contribution >= 4 is 0 Å². The van der Waals surface area contributed by atoms with E-state index in [1.807, 2.05) is 0 Å². The Morgan fingerprint density at radius 1 is 2.00 bits per heavy atom. The van der Waals surface area contributed by atoms with Gasteiger partial charge < -0.3 is 4.74 Å². The second-order valence-corrected chi connectivity index (χ2v) is 1.69. The third-order valence-corrected chi connectivity index (χ3v) is 0.950. The lowest BCUT2D eigenvalue weighted by molar-refractivity contribution is 0.189. The molecule has 0 aromatic heterocycles. The molecule has 0 aliphatic heterocycles. The Morgan fingerprint density at radius 3 is 2.83 bits per heavy atom. The highest BCUT2D eigenvalue weighted by atomic mass is 16.5. The highest BCUT2D eigenvalue weighted by molar-refractivity contribution is 4.93. The van der Waals surface area contributed by atoms with Crippen molar-refractivity contribution in [3.63, 3.8) is 0 Å². The van der Waals surface area contributed by atoms with Gasteiger partial charge in [0.2, 0.25) is 0 Å². The number of methoxy groups -OCH3 is 1. The van der Waals surface area contributed by atoms with Crippen molar-refractivity contribution in [2.45, 2.75) is 6.42 Å². The van der Waals surface area contributed by atoms with Crippen LogP contribution in [0.1, 0.15) is 6.42 Å². The van der Waals surface area contributed by atoms with Gasteiger partial charge in [0.25, 0.3) is 0 Å². The SMILES string of the molecule is COC[C@@H]1[CH]C1. The van der Waals surface area contributed by atoms with E-state index in [9.17, 15) is 0 Å². The maximum absolute atomic E-state index is 4.83. The summed E-state index contributed by atoms with van der Waals surface area (Å²) in [5.74, 6) is 0.801. The Bertz CT molecular complexity index is 39.2. The van der Waals surface area contributed by atoms with E-state index in [1.165, 1.54) is 6.42 Å². The Morgan fingerprint density at radius 2 is 2.67 bits per heavy atom. The molecule has 0 unspecified atom stereocenters. The number of ether oxygens (including phenoxy) is 1. The fraction of sp³-hybridized carbons (Fsp3) is 0.800. The molecule has 0 bridgehead atoms. The number of rotatable bonds is 2. The van der Waals surface area contributed by atoms with E-state index >= 15 is 0 Å². The van der Waals surface area contributed by atoms with Gasteiger partial charge in [0.15, 0.2) is 0 Å². The first kappa shape index (κ1) is 4.13. The van der Waals surface area contributed by atoms with Crippen LogP contribution >= 0.6 is 0 Å². The molecule has 35 valence electrons. The highest BCUT2D eigenvalue weighted by Crippen LogP contribution is 2.26. The van der Waals surface area contributed by atoms with Crippen LogP contribution < -0.4 is 0 Å². The molecule has 1 nitrogen and oxygen atoms in total. The van der Waals surface area contributed by atoms with Crippen molar-refractivity contribution in [2.75, 3.05) is 13.7 Å². The third-order valence-electron chi connectivity index (χ3n) is 0.950. The molecular formula is C5H9O. The van der Waals surface area contributed by atoms with Gasteiger partial charge in [0, 0.05) is 13.7 Å². The molecule has 1 fully saturated rings. The molecule has 0 heterocycles. The van der Waals surface area contributed by atoms with Crippen molar-refractivity contribution in [2.24, 2.45) is 5.92 Å². The van der Waals surface area contributed by atoms with E-state index in [-0.39, 0.29) is 0 Å². The number of hydrogen-bond acceptors (Lipinski definition) is 1. The fourth-order valence-electron chi connectivity index (χ4n) is 0.446. The van der Waals surface area contributed by atoms with Gasteiger partial charge in [0.05, 0.1) is 0 Å². The zero-order chi connectivity index (χ0) is 4.41. The molecule has 1 aliphatic carbocycles. The maximum Gasteiger partial charge on any atom is 0.0493 e. The van der Waals surface area contributed by atoms with E-state index in [0.717, 1.165) is 12.5 Å². The second kappa shape index (κ2) is 1.61. The monoisotopic (exact) mass is 85.1 g/mol. The smallest absolute Gasteiger partial charge is 0.0493 e. The summed E-state index contributed by atoms with van der Waals surface area (Å²) in [6.07, 6.45) is 3.53. The van der Waals surface area contributed by atoms with E-state index in [1.54, 1.807) is 7.11 Å². The highest BCUT2D eigenvalue weighted by Gasteiger charge is 2.20. The minimum absolute atomic E-state index is 0.801. The number of hydrogen-bond donors (Lipinski definition) is 0. The van der Waals surface area contributed by atoms with Crippen LogP contribution in [-0.4, -0.2) is 13.7 Å². The second-order valence-electron chi connectivity index (χ2n) is 1.69. The molecule has 1 radical (unpaired) electrons. The van der Waals surface area contributed by atoms with Crippen molar-refractivity contribution < 1.29 is 4.74 Å². The molecule has 1 aliphatic rings. The zero-order valence-corrected chi connectivity index (χ0v) is 3.98. The molecule has 0 spiro atoms. The first-order valence-corrected chi connectivity index (χ1v) is 2.26. The predicted octanol–water partition coefficient (Wildman–Crippen LogP) is 0.857. The summed E-state index contributed by atoms with van der Waals surface area (Å²) < 4.78 is 4.83. The summed E-state index contributed by atoms with van der Waals surface area (Å²) in [6, 6.07) is 0. The minimum atomic E-state index is 0.801. The Balaban J connectivity index is 1.88. The van der Waals surface area contributed by atoms with Crippen LogP contribution in [-0.2, 0) is 4.74 Å². The zero-order valence-electron chi connectivity index (χ0n) is 3.98.